The molecule has 0 heterocycles. The molecule has 0 saturated heterocycles. The van der Waals surface area contributed by atoms with E-state index < -0.39 is 6.40 Å². The first-order chi connectivity index (χ1) is 9.09. The maximum Gasteiger partial charge on any atom is 0.163 e. The molecule has 0 aromatic heterocycles. The van der Waals surface area contributed by atoms with Gasteiger partial charge in [-0.05, 0) is 18.4 Å². The summed E-state index contributed by atoms with van der Waals surface area (Å²) >= 11 is 0. The number of rotatable bonds is 4. The molecule has 1 nitrogen and oxygen atoms in total. The Morgan fingerprint density at radius 3 is 2.33 bits per heavy atom. The van der Waals surface area contributed by atoms with E-state index in [1.165, 1.54) is 0 Å². The molecule has 0 amide bonds. The third-order valence-corrected chi connectivity index (χ3v) is 3.06. The molecule has 0 aliphatic rings. The van der Waals surface area contributed by atoms with E-state index in [-0.39, 0.29) is 11.7 Å². The molecule has 0 aliphatic heterocycles. The standard InChI is InChI=1S/C17H18O/c1-13-8-10-16(11-9-13)17(18)12-14(2)15-6-4-3-5-7-15/h3-11,14H,12H2,1-2H3/i12D. The molecule has 0 bridgehead atoms. The summed E-state index contributed by atoms with van der Waals surface area (Å²) in [6.07, 6.45) is -0.759. The predicted octanol–water partition coefficient (Wildman–Crippen LogP) is 4.37. The van der Waals surface area contributed by atoms with Crippen LogP contribution in [0.4, 0.5) is 0 Å². The minimum atomic E-state index is -0.759. The highest BCUT2D eigenvalue weighted by molar-refractivity contribution is 5.96. The van der Waals surface area contributed by atoms with Crippen molar-refractivity contribution in [2.75, 3.05) is 0 Å². The Morgan fingerprint density at radius 2 is 1.72 bits per heavy atom. The van der Waals surface area contributed by atoms with Crippen LogP contribution < -0.4 is 0 Å². The van der Waals surface area contributed by atoms with E-state index >= 15 is 0 Å². The van der Waals surface area contributed by atoms with Crippen molar-refractivity contribution in [3.63, 3.8) is 0 Å². The number of carbonyl (C=O) groups excluding carboxylic acids is 1. The number of Topliss-reactive ketones (excluding diaryl/α,β-unsaturated/α-hetero) is 1. The fourth-order valence-corrected chi connectivity index (χ4v) is 1.89. The van der Waals surface area contributed by atoms with Crippen molar-refractivity contribution in [3.8, 4) is 0 Å². The van der Waals surface area contributed by atoms with Crippen molar-refractivity contribution >= 4 is 5.78 Å². The second-order valence-electron chi connectivity index (χ2n) is 4.60. The average Bonchev–Trinajstić information content (AvgIpc) is 2.46. The van der Waals surface area contributed by atoms with Crippen molar-refractivity contribution in [1.82, 2.24) is 0 Å². The van der Waals surface area contributed by atoms with Crippen molar-refractivity contribution in [2.45, 2.75) is 26.2 Å². The van der Waals surface area contributed by atoms with Gasteiger partial charge in [-0.1, -0.05) is 67.1 Å². The van der Waals surface area contributed by atoms with Crippen LogP contribution in [-0.2, 0) is 0 Å². The van der Waals surface area contributed by atoms with Gasteiger partial charge in [0.25, 0.3) is 0 Å². The zero-order valence-corrected chi connectivity index (χ0v) is 10.8. The maximum atomic E-state index is 12.3. The topological polar surface area (TPSA) is 17.1 Å². The molecule has 0 spiro atoms. The average molecular weight is 239 g/mol. The summed E-state index contributed by atoms with van der Waals surface area (Å²) in [7, 11) is 0. The Morgan fingerprint density at radius 1 is 1.11 bits per heavy atom. The lowest BCUT2D eigenvalue weighted by atomic mass is 9.93. The van der Waals surface area contributed by atoms with Crippen LogP contribution >= 0.6 is 0 Å². The largest absolute Gasteiger partial charge is 0.294 e. The van der Waals surface area contributed by atoms with Gasteiger partial charge in [0.2, 0.25) is 0 Å². The first kappa shape index (κ1) is 11.2. The Kier molecular flexibility index (Phi) is 3.51. The van der Waals surface area contributed by atoms with E-state index in [9.17, 15) is 4.79 Å². The molecule has 0 radical (unpaired) electrons. The van der Waals surface area contributed by atoms with Crippen molar-refractivity contribution in [1.29, 1.82) is 0 Å². The Labute approximate surface area is 110 Å². The molecule has 2 atom stereocenters. The summed E-state index contributed by atoms with van der Waals surface area (Å²) in [5.41, 5.74) is 2.77. The normalized spacial score (nSPS) is 14.7. The van der Waals surface area contributed by atoms with Gasteiger partial charge in [0.1, 0.15) is 0 Å². The molecule has 0 aliphatic carbocycles. The number of aryl methyl sites for hydroxylation is 1. The second kappa shape index (κ2) is 5.63. The monoisotopic (exact) mass is 239 g/mol. The highest BCUT2D eigenvalue weighted by Gasteiger charge is 2.12. The second-order valence-corrected chi connectivity index (χ2v) is 4.60. The third-order valence-electron chi connectivity index (χ3n) is 3.06. The van der Waals surface area contributed by atoms with Crippen LogP contribution in [0.2, 0.25) is 0 Å². The summed E-state index contributed by atoms with van der Waals surface area (Å²) in [6, 6.07) is 17.2. The molecule has 0 N–H and O–H groups in total. The number of hydrogen-bond acceptors (Lipinski definition) is 1. The SMILES string of the molecule is [2H]C(C(=O)c1ccc(C)cc1)C(C)c1ccccc1. The van der Waals surface area contributed by atoms with Gasteiger partial charge in [-0.2, -0.15) is 0 Å². The molecule has 2 aromatic rings. The predicted molar refractivity (Wildman–Crippen MR) is 75.0 cm³/mol. The van der Waals surface area contributed by atoms with E-state index in [4.69, 9.17) is 1.37 Å². The molecule has 92 valence electrons. The Balaban J connectivity index is 2.17. The van der Waals surface area contributed by atoms with Crippen LogP contribution in [0.15, 0.2) is 54.6 Å². The van der Waals surface area contributed by atoms with Gasteiger partial charge in [0.05, 0.1) is 0 Å². The van der Waals surface area contributed by atoms with Crippen molar-refractivity contribution in [2.24, 2.45) is 0 Å². The minimum Gasteiger partial charge on any atom is -0.294 e. The van der Waals surface area contributed by atoms with Crippen LogP contribution in [-0.4, -0.2) is 5.78 Å². The summed E-state index contributed by atoms with van der Waals surface area (Å²) in [5, 5.41) is 0. The molecule has 18 heavy (non-hydrogen) atoms. The summed E-state index contributed by atoms with van der Waals surface area (Å²) in [6.45, 7) is 3.91. The van der Waals surface area contributed by atoms with Gasteiger partial charge < -0.3 is 0 Å². The molecule has 2 aromatic carbocycles. The lowest BCUT2D eigenvalue weighted by molar-refractivity contribution is 0.0975. The highest BCUT2D eigenvalue weighted by atomic mass is 16.1. The van der Waals surface area contributed by atoms with E-state index in [1.807, 2.05) is 56.3 Å². The number of ketones is 1. The van der Waals surface area contributed by atoms with E-state index in [2.05, 4.69) is 0 Å². The summed E-state index contributed by atoms with van der Waals surface area (Å²) in [4.78, 5) is 12.3. The molecule has 1 heteroatoms. The van der Waals surface area contributed by atoms with Gasteiger partial charge in [-0.3, -0.25) is 4.79 Å². The zero-order chi connectivity index (χ0) is 13.8. The lowest BCUT2D eigenvalue weighted by Crippen LogP contribution is -2.05. The summed E-state index contributed by atoms with van der Waals surface area (Å²) in [5.74, 6) is -0.216. The fraction of sp³-hybridized carbons (Fsp3) is 0.235. The molecule has 2 rings (SSSR count). The van der Waals surface area contributed by atoms with Crippen LogP contribution in [0, 0.1) is 6.92 Å². The smallest absolute Gasteiger partial charge is 0.163 e. The molecule has 2 unspecified atom stereocenters. The van der Waals surface area contributed by atoms with Gasteiger partial charge in [0.15, 0.2) is 5.78 Å². The first-order valence-corrected chi connectivity index (χ1v) is 6.17. The molecular weight excluding hydrogens is 220 g/mol. The van der Waals surface area contributed by atoms with E-state index in [1.54, 1.807) is 12.1 Å². The Bertz CT molecular complexity index is 545. The van der Waals surface area contributed by atoms with Crippen LogP contribution in [0.25, 0.3) is 0 Å². The number of hydrogen-bond donors (Lipinski definition) is 0. The quantitative estimate of drug-likeness (QED) is 0.724. The van der Waals surface area contributed by atoms with Crippen molar-refractivity contribution in [3.05, 3.63) is 71.3 Å². The third kappa shape index (κ3) is 3.07. The van der Waals surface area contributed by atoms with Crippen LogP contribution in [0.3, 0.4) is 0 Å². The van der Waals surface area contributed by atoms with Gasteiger partial charge in [0, 0.05) is 13.3 Å². The summed E-state index contributed by atoms with van der Waals surface area (Å²) < 4.78 is 8.16. The molecular formula is C17H18O. The van der Waals surface area contributed by atoms with Gasteiger partial charge in [-0.25, -0.2) is 0 Å². The minimum absolute atomic E-state index is 0.102. The Hall–Kier alpha value is -1.89. The van der Waals surface area contributed by atoms with E-state index in [0.29, 0.717) is 5.56 Å². The fourth-order valence-electron chi connectivity index (χ4n) is 1.89. The lowest BCUT2D eigenvalue weighted by Gasteiger charge is -2.11. The zero-order valence-electron chi connectivity index (χ0n) is 11.8. The number of carbonyl (C=O) groups is 1. The first-order valence-electron chi connectivity index (χ1n) is 6.75. The maximum absolute atomic E-state index is 12.3. The molecule has 0 fully saturated rings. The van der Waals surface area contributed by atoms with Crippen molar-refractivity contribution < 1.29 is 6.17 Å². The van der Waals surface area contributed by atoms with Gasteiger partial charge in [-0.15, -0.1) is 0 Å². The molecule has 0 saturated carbocycles. The highest BCUT2D eigenvalue weighted by Crippen LogP contribution is 2.21. The van der Waals surface area contributed by atoms with Crippen LogP contribution in [0.5, 0.6) is 0 Å². The number of benzene rings is 2. The van der Waals surface area contributed by atoms with Gasteiger partial charge >= 0.3 is 0 Å². The van der Waals surface area contributed by atoms with Crippen LogP contribution in [0.1, 0.15) is 42.1 Å². The van der Waals surface area contributed by atoms with E-state index in [0.717, 1.165) is 11.1 Å².